The molecule has 0 spiro atoms. The number of anilines is 1. The van der Waals surface area contributed by atoms with Crippen molar-refractivity contribution in [3.8, 4) is 0 Å². The Bertz CT molecular complexity index is 457. The molecule has 0 saturated carbocycles. The van der Waals surface area contributed by atoms with Crippen molar-refractivity contribution in [3.63, 3.8) is 0 Å². The Morgan fingerprint density at radius 3 is 3.24 bits per heavy atom. The first kappa shape index (κ1) is 11.6. The lowest BCUT2D eigenvalue weighted by Gasteiger charge is -2.17. The molecule has 6 heteroatoms. The van der Waals surface area contributed by atoms with Gasteiger partial charge in [-0.25, -0.2) is 5.10 Å². The molecule has 92 valence electrons. The standard InChI is InChI=1S/C11H15N3O3/c1-2-17-11(16)8-3-4-14(7-8)9-5-10(15)13-12-6-9/h5-6,8H,2-4,7H2,1H3,(H,13,15). The van der Waals surface area contributed by atoms with Gasteiger partial charge in [0, 0.05) is 19.2 Å². The van der Waals surface area contributed by atoms with Crippen LogP contribution in [-0.4, -0.2) is 35.9 Å². The number of rotatable bonds is 3. The Hall–Kier alpha value is -1.85. The number of carbonyl (C=O) groups excluding carboxylic acids is 1. The maximum atomic E-state index is 11.6. The van der Waals surface area contributed by atoms with E-state index < -0.39 is 0 Å². The Morgan fingerprint density at radius 2 is 2.53 bits per heavy atom. The quantitative estimate of drug-likeness (QED) is 0.758. The molecule has 1 aliphatic heterocycles. The van der Waals surface area contributed by atoms with Gasteiger partial charge in [-0.1, -0.05) is 0 Å². The number of aromatic amines is 1. The monoisotopic (exact) mass is 237 g/mol. The molecule has 1 atom stereocenters. The molecule has 1 aromatic rings. The maximum absolute atomic E-state index is 11.6. The molecule has 2 heterocycles. The molecule has 2 rings (SSSR count). The lowest BCUT2D eigenvalue weighted by atomic mass is 10.1. The summed E-state index contributed by atoms with van der Waals surface area (Å²) in [5.41, 5.74) is 0.516. The molecular weight excluding hydrogens is 222 g/mol. The highest BCUT2D eigenvalue weighted by Crippen LogP contribution is 2.22. The van der Waals surface area contributed by atoms with Gasteiger partial charge in [-0.2, -0.15) is 5.10 Å². The smallest absolute Gasteiger partial charge is 0.310 e. The Balaban J connectivity index is 2.03. The van der Waals surface area contributed by atoms with Crippen molar-refractivity contribution in [1.29, 1.82) is 0 Å². The van der Waals surface area contributed by atoms with Crippen molar-refractivity contribution in [2.75, 3.05) is 24.6 Å². The van der Waals surface area contributed by atoms with Crippen molar-refractivity contribution in [2.24, 2.45) is 5.92 Å². The minimum atomic E-state index is -0.234. The number of hydrogen-bond donors (Lipinski definition) is 1. The van der Waals surface area contributed by atoms with E-state index in [1.807, 2.05) is 4.90 Å². The molecule has 1 unspecified atom stereocenters. The normalized spacial score (nSPS) is 19.4. The summed E-state index contributed by atoms with van der Waals surface area (Å²) >= 11 is 0. The number of carbonyl (C=O) groups is 1. The van der Waals surface area contributed by atoms with Gasteiger partial charge in [0.2, 0.25) is 0 Å². The number of esters is 1. The van der Waals surface area contributed by atoms with Gasteiger partial charge in [-0.15, -0.1) is 0 Å². The Kier molecular flexibility index (Phi) is 3.41. The van der Waals surface area contributed by atoms with E-state index >= 15 is 0 Å². The molecule has 1 saturated heterocycles. The average Bonchev–Trinajstić information content (AvgIpc) is 2.78. The molecular formula is C11H15N3O3. The number of aromatic nitrogens is 2. The van der Waals surface area contributed by atoms with Gasteiger partial charge in [0.15, 0.2) is 0 Å². The molecule has 17 heavy (non-hydrogen) atoms. The summed E-state index contributed by atoms with van der Waals surface area (Å²) < 4.78 is 4.98. The fraction of sp³-hybridized carbons (Fsp3) is 0.545. The van der Waals surface area contributed by atoms with Crippen LogP contribution in [0.4, 0.5) is 5.69 Å². The summed E-state index contributed by atoms with van der Waals surface area (Å²) in [6.07, 6.45) is 2.35. The van der Waals surface area contributed by atoms with Crippen molar-refractivity contribution in [1.82, 2.24) is 10.2 Å². The fourth-order valence-corrected chi connectivity index (χ4v) is 1.99. The van der Waals surface area contributed by atoms with Crippen LogP contribution in [0, 0.1) is 5.92 Å². The van der Waals surface area contributed by atoms with E-state index in [4.69, 9.17) is 4.74 Å². The van der Waals surface area contributed by atoms with Crippen LogP contribution in [0.25, 0.3) is 0 Å². The van der Waals surface area contributed by atoms with E-state index in [9.17, 15) is 9.59 Å². The van der Waals surface area contributed by atoms with E-state index in [1.165, 1.54) is 6.07 Å². The molecule has 1 aromatic heterocycles. The van der Waals surface area contributed by atoms with Crippen molar-refractivity contribution in [3.05, 3.63) is 22.6 Å². The Morgan fingerprint density at radius 1 is 1.71 bits per heavy atom. The third-order valence-electron chi connectivity index (χ3n) is 2.82. The lowest BCUT2D eigenvalue weighted by Crippen LogP contribution is -2.25. The zero-order valence-corrected chi connectivity index (χ0v) is 9.68. The molecule has 0 radical (unpaired) electrons. The zero-order chi connectivity index (χ0) is 12.3. The van der Waals surface area contributed by atoms with Crippen molar-refractivity contribution in [2.45, 2.75) is 13.3 Å². The first-order chi connectivity index (χ1) is 8.20. The van der Waals surface area contributed by atoms with Crippen LogP contribution >= 0.6 is 0 Å². The molecule has 0 amide bonds. The second-order valence-electron chi connectivity index (χ2n) is 3.99. The number of nitrogens with one attached hydrogen (secondary N) is 1. The van der Waals surface area contributed by atoms with E-state index in [1.54, 1.807) is 13.1 Å². The molecule has 0 bridgehead atoms. The SMILES string of the molecule is CCOC(=O)C1CCN(c2cn[nH]c(=O)c2)C1. The molecule has 1 fully saturated rings. The molecule has 0 aliphatic carbocycles. The van der Waals surface area contributed by atoms with Gasteiger partial charge in [0.1, 0.15) is 0 Å². The average molecular weight is 237 g/mol. The minimum absolute atomic E-state index is 0.103. The van der Waals surface area contributed by atoms with Gasteiger partial charge in [0.05, 0.1) is 24.4 Å². The highest BCUT2D eigenvalue weighted by molar-refractivity contribution is 5.74. The van der Waals surface area contributed by atoms with E-state index in [0.717, 1.165) is 18.7 Å². The van der Waals surface area contributed by atoms with Crippen LogP contribution in [-0.2, 0) is 9.53 Å². The summed E-state index contributed by atoms with van der Waals surface area (Å²) in [6, 6.07) is 1.49. The van der Waals surface area contributed by atoms with Crippen molar-refractivity contribution >= 4 is 11.7 Å². The highest BCUT2D eigenvalue weighted by atomic mass is 16.5. The summed E-state index contributed by atoms with van der Waals surface area (Å²) in [5, 5.41) is 6.07. The third kappa shape index (κ3) is 2.64. The van der Waals surface area contributed by atoms with Crippen molar-refractivity contribution < 1.29 is 9.53 Å². The van der Waals surface area contributed by atoms with E-state index in [-0.39, 0.29) is 17.4 Å². The maximum Gasteiger partial charge on any atom is 0.310 e. The number of ether oxygens (including phenoxy) is 1. The molecule has 6 nitrogen and oxygen atoms in total. The van der Waals surface area contributed by atoms with Gasteiger partial charge >= 0.3 is 5.97 Å². The Labute approximate surface area is 98.6 Å². The first-order valence-corrected chi connectivity index (χ1v) is 5.67. The predicted octanol–water partition coefficient (Wildman–Crippen LogP) is 0.159. The van der Waals surface area contributed by atoms with Crippen LogP contribution in [0.1, 0.15) is 13.3 Å². The van der Waals surface area contributed by atoms with Crippen LogP contribution in [0.15, 0.2) is 17.1 Å². The highest BCUT2D eigenvalue weighted by Gasteiger charge is 2.29. The second kappa shape index (κ2) is 4.99. The summed E-state index contributed by atoms with van der Waals surface area (Å²) in [6.45, 7) is 3.53. The van der Waals surface area contributed by atoms with Crippen LogP contribution in [0.5, 0.6) is 0 Å². The predicted molar refractivity (Wildman–Crippen MR) is 61.8 cm³/mol. The van der Waals surface area contributed by atoms with Gasteiger partial charge in [-0.3, -0.25) is 9.59 Å². The van der Waals surface area contributed by atoms with Gasteiger partial charge in [0.25, 0.3) is 5.56 Å². The zero-order valence-electron chi connectivity index (χ0n) is 9.68. The van der Waals surface area contributed by atoms with Crippen LogP contribution in [0.3, 0.4) is 0 Å². The van der Waals surface area contributed by atoms with Gasteiger partial charge < -0.3 is 9.64 Å². The first-order valence-electron chi connectivity index (χ1n) is 5.67. The third-order valence-corrected chi connectivity index (χ3v) is 2.82. The molecule has 0 aromatic carbocycles. The van der Waals surface area contributed by atoms with E-state index in [2.05, 4.69) is 10.2 Å². The van der Waals surface area contributed by atoms with Crippen LogP contribution < -0.4 is 10.5 Å². The summed E-state index contributed by atoms with van der Waals surface area (Å²) in [5.74, 6) is -0.262. The number of hydrogen-bond acceptors (Lipinski definition) is 5. The summed E-state index contributed by atoms with van der Waals surface area (Å²) in [7, 11) is 0. The number of nitrogens with zero attached hydrogens (tertiary/aromatic N) is 2. The topological polar surface area (TPSA) is 75.3 Å². The molecule has 1 N–H and O–H groups in total. The largest absolute Gasteiger partial charge is 0.466 e. The lowest BCUT2D eigenvalue weighted by molar-refractivity contribution is -0.147. The summed E-state index contributed by atoms with van der Waals surface area (Å²) in [4.78, 5) is 24.7. The van der Waals surface area contributed by atoms with E-state index in [0.29, 0.717) is 13.2 Å². The second-order valence-corrected chi connectivity index (χ2v) is 3.99. The number of H-pyrrole nitrogens is 1. The fourth-order valence-electron chi connectivity index (χ4n) is 1.99. The minimum Gasteiger partial charge on any atom is -0.466 e. The van der Waals surface area contributed by atoms with Crippen LogP contribution in [0.2, 0.25) is 0 Å². The molecule has 1 aliphatic rings. The van der Waals surface area contributed by atoms with Gasteiger partial charge in [-0.05, 0) is 13.3 Å².